The summed E-state index contributed by atoms with van der Waals surface area (Å²) < 4.78 is 2.14. The second-order valence-electron chi connectivity index (χ2n) is 5.25. The molecule has 5 heteroatoms. The molecule has 0 saturated heterocycles. The van der Waals surface area contributed by atoms with Crippen LogP contribution in [0, 0.1) is 6.92 Å². The van der Waals surface area contributed by atoms with Crippen LogP contribution in [-0.4, -0.2) is 27.8 Å². The predicted octanol–water partition coefficient (Wildman–Crippen LogP) is 3.25. The lowest BCUT2D eigenvalue weighted by atomic mass is 10.3. The number of thioether (sulfide) groups is 1. The molecule has 4 nitrogen and oxygen atoms in total. The Labute approximate surface area is 139 Å². The number of carbonyl (C=O) groups excluding carboxylic acids is 1. The van der Waals surface area contributed by atoms with E-state index in [0.717, 1.165) is 28.3 Å². The third-order valence-corrected chi connectivity index (χ3v) is 4.63. The van der Waals surface area contributed by atoms with Gasteiger partial charge in [-0.3, -0.25) is 4.79 Å². The van der Waals surface area contributed by atoms with E-state index in [9.17, 15) is 4.79 Å². The van der Waals surface area contributed by atoms with Gasteiger partial charge in [-0.15, -0.1) is 11.8 Å². The Morgan fingerprint density at radius 2 is 1.87 bits per heavy atom. The highest BCUT2D eigenvalue weighted by Gasteiger charge is 2.07. The minimum Gasteiger partial charge on any atom is -0.354 e. The van der Waals surface area contributed by atoms with E-state index in [1.807, 2.05) is 55.5 Å². The predicted molar refractivity (Wildman–Crippen MR) is 94.6 cm³/mol. The second kappa shape index (κ2) is 7.33. The van der Waals surface area contributed by atoms with Crippen molar-refractivity contribution in [2.24, 2.45) is 0 Å². The first-order valence-corrected chi connectivity index (χ1v) is 8.59. The van der Waals surface area contributed by atoms with Gasteiger partial charge in [0, 0.05) is 18.0 Å². The molecular weight excluding hydrogens is 306 g/mol. The molecule has 118 valence electrons. The third kappa shape index (κ3) is 3.93. The maximum absolute atomic E-state index is 11.9. The van der Waals surface area contributed by atoms with Crippen LogP contribution < -0.4 is 5.32 Å². The molecule has 1 N–H and O–H groups in total. The fourth-order valence-electron chi connectivity index (χ4n) is 2.50. The van der Waals surface area contributed by atoms with Crippen LogP contribution in [0.4, 0.5) is 0 Å². The quantitative estimate of drug-likeness (QED) is 0.708. The summed E-state index contributed by atoms with van der Waals surface area (Å²) in [6, 6.07) is 18.0. The Morgan fingerprint density at radius 1 is 1.13 bits per heavy atom. The molecular formula is C18H19N3OS. The topological polar surface area (TPSA) is 46.9 Å². The van der Waals surface area contributed by atoms with Crippen LogP contribution >= 0.6 is 11.8 Å². The Bertz CT molecular complexity index is 798. The molecule has 0 aliphatic rings. The minimum absolute atomic E-state index is 0.0564. The summed E-state index contributed by atoms with van der Waals surface area (Å²) in [6.07, 6.45) is 0. The number of carbonyl (C=O) groups is 1. The summed E-state index contributed by atoms with van der Waals surface area (Å²) in [4.78, 5) is 17.6. The lowest BCUT2D eigenvalue weighted by Gasteiger charge is -2.08. The molecule has 1 heterocycles. The second-order valence-corrected chi connectivity index (χ2v) is 6.30. The maximum atomic E-state index is 11.9. The number of fused-ring (bicyclic) bond motifs is 1. The number of nitrogens with one attached hydrogen (secondary N) is 1. The van der Waals surface area contributed by atoms with Gasteiger partial charge in [0.15, 0.2) is 0 Å². The Morgan fingerprint density at radius 3 is 2.70 bits per heavy atom. The van der Waals surface area contributed by atoms with E-state index in [0.29, 0.717) is 12.3 Å². The molecule has 0 aliphatic carbocycles. The van der Waals surface area contributed by atoms with Crippen molar-refractivity contribution in [1.29, 1.82) is 0 Å². The molecule has 0 aliphatic heterocycles. The van der Waals surface area contributed by atoms with Gasteiger partial charge in [-0.2, -0.15) is 0 Å². The van der Waals surface area contributed by atoms with Crippen molar-refractivity contribution in [1.82, 2.24) is 14.9 Å². The minimum atomic E-state index is 0.0564. The summed E-state index contributed by atoms with van der Waals surface area (Å²) in [5.41, 5.74) is 2.11. The van der Waals surface area contributed by atoms with Crippen LogP contribution in [0.2, 0.25) is 0 Å². The van der Waals surface area contributed by atoms with E-state index in [1.165, 1.54) is 0 Å². The molecule has 1 amide bonds. The lowest BCUT2D eigenvalue weighted by Crippen LogP contribution is -2.28. The van der Waals surface area contributed by atoms with Crippen LogP contribution in [0.5, 0.6) is 0 Å². The number of nitrogens with zero attached hydrogens (tertiary/aromatic N) is 2. The Balaban J connectivity index is 1.50. The Kier molecular flexibility index (Phi) is 4.98. The standard InChI is InChI=1S/C18H19N3OS/c1-14-20-16-9-5-6-10-17(16)21(14)12-11-19-18(22)13-23-15-7-3-2-4-8-15/h2-10H,11-13H2,1H3,(H,19,22). The summed E-state index contributed by atoms with van der Waals surface area (Å²) in [7, 11) is 0. The van der Waals surface area contributed by atoms with Gasteiger partial charge in [-0.05, 0) is 31.2 Å². The van der Waals surface area contributed by atoms with Crippen molar-refractivity contribution in [2.45, 2.75) is 18.4 Å². The van der Waals surface area contributed by atoms with E-state index in [-0.39, 0.29) is 5.91 Å². The molecule has 0 atom stereocenters. The number of benzene rings is 2. The first-order chi connectivity index (χ1) is 11.2. The average Bonchev–Trinajstić information content (AvgIpc) is 2.90. The molecule has 1 aromatic heterocycles. The van der Waals surface area contributed by atoms with Crippen LogP contribution in [0.3, 0.4) is 0 Å². The fourth-order valence-corrected chi connectivity index (χ4v) is 3.25. The zero-order valence-corrected chi connectivity index (χ0v) is 13.8. The van der Waals surface area contributed by atoms with E-state index in [2.05, 4.69) is 20.9 Å². The van der Waals surface area contributed by atoms with E-state index in [4.69, 9.17) is 0 Å². The van der Waals surface area contributed by atoms with Crippen LogP contribution in [0.25, 0.3) is 11.0 Å². The van der Waals surface area contributed by atoms with Crippen LogP contribution in [-0.2, 0) is 11.3 Å². The van der Waals surface area contributed by atoms with E-state index < -0.39 is 0 Å². The number of amides is 1. The van der Waals surface area contributed by atoms with Gasteiger partial charge in [0.2, 0.25) is 5.91 Å². The summed E-state index contributed by atoms with van der Waals surface area (Å²) >= 11 is 1.55. The van der Waals surface area contributed by atoms with Crippen molar-refractivity contribution in [2.75, 3.05) is 12.3 Å². The zero-order valence-electron chi connectivity index (χ0n) is 13.0. The van der Waals surface area contributed by atoms with Crippen LogP contribution in [0.1, 0.15) is 5.82 Å². The molecule has 2 aromatic carbocycles. The Hall–Kier alpha value is -2.27. The van der Waals surface area contributed by atoms with E-state index >= 15 is 0 Å². The lowest BCUT2D eigenvalue weighted by molar-refractivity contribution is -0.118. The van der Waals surface area contributed by atoms with Crippen molar-refractivity contribution >= 4 is 28.7 Å². The fraction of sp³-hybridized carbons (Fsp3) is 0.222. The monoisotopic (exact) mass is 325 g/mol. The average molecular weight is 325 g/mol. The van der Waals surface area contributed by atoms with Crippen molar-refractivity contribution in [3.8, 4) is 0 Å². The van der Waals surface area contributed by atoms with Gasteiger partial charge >= 0.3 is 0 Å². The van der Waals surface area contributed by atoms with Gasteiger partial charge in [-0.1, -0.05) is 30.3 Å². The summed E-state index contributed by atoms with van der Waals surface area (Å²) in [5.74, 6) is 1.47. The van der Waals surface area contributed by atoms with Gasteiger partial charge in [0.05, 0.1) is 16.8 Å². The maximum Gasteiger partial charge on any atom is 0.230 e. The highest BCUT2D eigenvalue weighted by molar-refractivity contribution is 8.00. The number of hydrogen-bond acceptors (Lipinski definition) is 3. The molecule has 3 rings (SSSR count). The number of aromatic nitrogens is 2. The smallest absolute Gasteiger partial charge is 0.230 e. The normalized spacial score (nSPS) is 10.8. The summed E-state index contributed by atoms with van der Waals surface area (Å²) in [6.45, 7) is 3.33. The SMILES string of the molecule is Cc1nc2ccccc2n1CCNC(=O)CSc1ccccc1. The number of imidazole rings is 1. The largest absolute Gasteiger partial charge is 0.354 e. The van der Waals surface area contributed by atoms with Gasteiger partial charge in [0.25, 0.3) is 0 Å². The zero-order chi connectivity index (χ0) is 16.1. The molecule has 0 radical (unpaired) electrons. The number of rotatable bonds is 6. The van der Waals surface area contributed by atoms with Crippen LogP contribution in [0.15, 0.2) is 59.5 Å². The highest BCUT2D eigenvalue weighted by atomic mass is 32.2. The van der Waals surface area contributed by atoms with Gasteiger partial charge in [0.1, 0.15) is 5.82 Å². The van der Waals surface area contributed by atoms with Crippen molar-refractivity contribution < 1.29 is 4.79 Å². The van der Waals surface area contributed by atoms with Gasteiger partial charge in [-0.25, -0.2) is 4.98 Å². The third-order valence-electron chi connectivity index (χ3n) is 3.62. The number of aryl methyl sites for hydroxylation is 1. The first kappa shape index (κ1) is 15.6. The molecule has 0 saturated carbocycles. The summed E-state index contributed by atoms with van der Waals surface area (Å²) in [5, 5.41) is 2.97. The molecule has 0 fully saturated rings. The first-order valence-electron chi connectivity index (χ1n) is 7.60. The van der Waals surface area contributed by atoms with Crippen molar-refractivity contribution in [3.63, 3.8) is 0 Å². The van der Waals surface area contributed by atoms with Crippen molar-refractivity contribution in [3.05, 3.63) is 60.4 Å². The molecule has 0 bridgehead atoms. The molecule has 0 spiro atoms. The number of para-hydroxylation sites is 2. The molecule has 0 unspecified atom stereocenters. The molecule has 3 aromatic rings. The molecule has 23 heavy (non-hydrogen) atoms. The van der Waals surface area contributed by atoms with Gasteiger partial charge < -0.3 is 9.88 Å². The highest BCUT2D eigenvalue weighted by Crippen LogP contribution is 2.16. The number of hydrogen-bond donors (Lipinski definition) is 1. The van der Waals surface area contributed by atoms with E-state index in [1.54, 1.807) is 11.8 Å².